The van der Waals surface area contributed by atoms with Gasteiger partial charge in [-0.05, 0) is 24.6 Å². The summed E-state index contributed by atoms with van der Waals surface area (Å²) in [7, 11) is 0. The first-order valence-corrected chi connectivity index (χ1v) is 6.36. The fourth-order valence-electron chi connectivity index (χ4n) is 1.47. The third-order valence-corrected chi connectivity index (χ3v) is 3.95. The maximum absolute atomic E-state index is 7.82. The molecule has 1 N–H and O–H groups in total. The van der Waals surface area contributed by atoms with Gasteiger partial charge in [0.15, 0.2) is 5.17 Å². The average Bonchev–Trinajstić information content (AvgIpc) is 2.23. The van der Waals surface area contributed by atoms with Gasteiger partial charge in [-0.2, -0.15) is 0 Å². The maximum atomic E-state index is 7.82. The Labute approximate surface area is 120 Å². The summed E-state index contributed by atoms with van der Waals surface area (Å²) in [5.41, 5.74) is 0.946. The maximum Gasteiger partial charge on any atom is 0.160 e. The highest BCUT2D eigenvalue weighted by Gasteiger charge is 2.17. The van der Waals surface area contributed by atoms with Gasteiger partial charge in [0.2, 0.25) is 0 Å². The molecule has 0 aromatic heterocycles. The number of nitrogens with one attached hydrogen (secondary N) is 1. The summed E-state index contributed by atoms with van der Waals surface area (Å²) in [6.45, 7) is 0.879. The summed E-state index contributed by atoms with van der Waals surface area (Å²) in [5, 5.41) is 9.50. The van der Waals surface area contributed by atoms with E-state index in [9.17, 15) is 0 Å². The smallest absolute Gasteiger partial charge is 0.160 e. The van der Waals surface area contributed by atoms with Crippen molar-refractivity contribution in [1.82, 2.24) is 0 Å². The molecule has 0 aliphatic carbocycles. The van der Waals surface area contributed by atoms with Crippen molar-refractivity contribution in [1.29, 1.82) is 5.41 Å². The molecule has 1 aromatic carbocycles. The van der Waals surface area contributed by atoms with E-state index in [1.165, 1.54) is 0 Å². The van der Waals surface area contributed by atoms with Crippen molar-refractivity contribution in [3.05, 3.63) is 28.2 Å². The topological polar surface area (TPSA) is 27.1 Å². The van der Waals surface area contributed by atoms with Gasteiger partial charge in [-0.25, -0.2) is 0 Å². The van der Waals surface area contributed by atoms with Crippen LogP contribution in [0.2, 0.25) is 10.0 Å². The van der Waals surface area contributed by atoms with Crippen molar-refractivity contribution >= 4 is 62.8 Å². The number of thioether (sulfide) groups is 1. The lowest BCUT2D eigenvalue weighted by Gasteiger charge is -2.28. The Bertz CT molecular complexity index is 400. The first-order chi connectivity index (χ1) is 7.18. The molecule has 88 valence electrons. The van der Waals surface area contributed by atoms with Crippen molar-refractivity contribution in [2.75, 3.05) is 17.2 Å². The van der Waals surface area contributed by atoms with Gasteiger partial charge >= 0.3 is 0 Å². The van der Waals surface area contributed by atoms with E-state index >= 15 is 0 Å². The van der Waals surface area contributed by atoms with Gasteiger partial charge in [-0.1, -0.05) is 35.0 Å². The Morgan fingerprint density at radius 2 is 2.00 bits per heavy atom. The van der Waals surface area contributed by atoms with Crippen molar-refractivity contribution in [2.45, 2.75) is 6.42 Å². The van der Waals surface area contributed by atoms with Crippen LogP contribution in [0.1, 0.15) is 6.42 Å². The molecular weight excluding hydrogens is 331 g/mol. The van der Waals surface area contributed by atoms with Crippen LogP contribution in [0.4, 0.5) is 5.69 Å². The first-order valence-electron chi connectivity index (χ1n) is 4.62. The summed E-state index contributed by atoms with van der Waals surface area (Å²) >= 11 is 13.4. The third kappa shape index (κ3) is 3.06. The standard InChI is InChI=1S/C10H10Cl2N2S.BrH/c11-8-3-2-7(6-9(8)12)14-4-1-5-15-10(14)13;/h2-3,6,13H,1,4-5H2;1H. The molecule has 6 heteroatoms. The fraction of sp³-hybridized carbons (Fsp3) is 0.300. The molecule has 0 spiro atoms. The number of hydrogen-bond acceptors (Lipinski definition) is 2. The van der Waals surface area contributed by atoms with Gasteiger partial charge in [0.25, 0.3) is 0 Å². The number of benzene rings is 1. The van der Waals surface area contributed by atoms with Crippen LogP contribution in [-0.4, -0.2) is 17.5 Å². The zero-order chi connectivity index (χ0) is 10.8. The van der Waals surface area contributed by atoms with Crippen LogP contribution in [0, 0.1) is 5.41 Å². The third-order valence-electron chi connectivity index (χ3n) is 2.22. The Morgan fingerprint density at radius 3 is 2.62 bits per heavy atom. The van der Waals surface area contributed by atoms with Crippen LogP contribution in [0.3, 0.4) is 0 Å². The predicted octanol–water partition coefficient (Wildman–Crippen LogP) is 4.45. The van der Waals surface area contributed by atoms with Crippen molar-refractivity contribution in [3.63, 3.8) is 0 Å². The molecule has 2 rings (SSSR count). The van der Waals surface area contributed by atoms with Crippen molar-refractivity contribution in [2.24, 2.45) is 0 Å². The molecule has 0 bridgehead atoms. The SMILES string of the molecule is Br.N=C1SCCCN1c1ccc(Cl)c(Cl)c1. The molecule has 0 amide bonds. The molecule has 0 radical (unpaired) electrons. The van der Waals surface area contributed by atoms with E-state index in [1.54, 1.807) is 17.8 Å². The van der Waals surface area contributed by atoms with E-state index in [-0.39, 0.29) is 17.0 Å². The first kappa shape index (κ1) is 14.2. The lowest BCUT2D eigenvalue weighted by Crippen LogP contribution is -2.33. The van der Waals surface area contributed by atoms with E-state index in [0.29, 0.717) is 15.2 Å². The molecule has 1 heterocycles. The van der Waals surface area contributed by atoms with Gasteiger partial charge in [-0.15, -0.1) is 17.0 Å². The molecule has 0 atom stereocenters. The Kier molecular flexibility index (Phi) is 5.44. The normalized spacial score (nSPS) is 15.9. The molecule has 1 aliphatic rings. The van der Waals surface area contributed by atoms with Crippen LogP contribution in [-0.2, 0) is 0 Å². The highest BCUT2D eigenvalue weighted by atomic mass is 79.9. The Hall–Kier alpha value is 0.1000. The molecule has 1 aromatic rings. The Morgan fingerprint density at radius 1 is 1.25 bits per heavy atom. The second kappa shape index (κ2) is 6.15. The van der Waals surface area contributed by atoms with Gasteiger partial charge in [0, 0.05) is 18.0 Å². The molecule has 1 saturated heterocycles. The van der Waals surface area contributed by atoms with Gasteiger partial charge in [-0.3, -0.25) is 5.41 Å². The number of nitrogens with zero attached hydrogens (tertiary/aromatic N) is 1. The van der Waals surface area contributed by atoms with E-state index in [2.05, 4.69) is 0 Å². The van der Waals surface area contributed by atoms with E-state index in [0.717, 1.165) is 24.4 Å². The summed E-state index contributed by atoms with van der Waals surface area (Å²) in [6, 6.07) is 5.48. The molecule has 2 nitrogen and oxygen atoms in total. The summed E-state index contributed by atoms with van der Waals surface area (Å²) < 4.78 is 0. The highest BCUT2D eigenvalue weighted by Crippen LogP contribution is 2.30. The molecule has 16 heavy (non-hydrogen) atoms. The Balaban J connectivity index is 0.00000128. The predicted molar refractivity (Wildman–Crippen MR) is 78.9 cm³/mol. The van der Waals surface area contributed by atoms with Crippen molar-refractivity contribution < 1.29 is 0 Å². The van der Waals surface area contributed by atoms with Gasteiger partial charge < -0.3 is 4.90 Å². The number of anilines is 1. The fourth-order valence-corrected chi connectivity index (χ4v) is 2.58. The minimum Gasteiger partial charge on any atom is -0.321 e. The van der Waals surface area contributed by atoms with E-state index in [1.807, 2.05) is 17.0 Å². The summed E-state index contributed by atoms with van der Waals surface area (Å²) in [6.07, 6.45) is 1.09. The van der Waals surface area contributed by atoms with Crippen molar-refractivity contribution in [3.8, 4) is 0 Å². The van der Waals surface area contributed by atoms with Crippen LogP contribution in [0.15, 0.2) is 18.2 Å². The molecule has 1 aliphatic heterocycles. The minimum absolute atomic E-state index is 0. The monoisotopic (exact) mass is 340 g/mol. The van der Waals surface area contributed by atoms with E-state index < -0.39 is 0 Å². The zero-order valence-corrected chi connectivity index (χ0v) is 12.4. The minimum atomic E-state index is 0. The second-order valence-electron chi connectivity index (χ2n) is 3.26. The number of halogens is 3. The average molecular weight is 342 g/mol. The van der Waals surface area contributed by atoms with Crippen LogP contribution in [0.25, 0.3) is 0 Å². The van der Waals surface area contributed by atoms with Gasteiger partial charge in [0.1, 0.15) is 0 Å². The molecule has 0 unspecified atom stereocenters. The lowest BCUT2D eigenvalue weighted by atomic mass is 10.3. The zero-order valence-electron chi connectivity index (χ0n) is 8.37. The largest absolute Gasteiger partial charge is 0.321 e. The molecule has 0 saturated carbocycles. The second-order valence-corrected chi connectivity index (χ2v) is 5.16. The van der Waals surface area contributed by atoms with Crippen LogP contribution < -0.4 is 4.90 Å². The van der Waals surface area contributed by atoms with Crippen LogP contribution >= 0.6 is 51.9 Å². The summed E-state index contributed by atoms with van der Waals surface area (Å²) in [4.78, 5) is 1.95. The molecular formula is C10H11BrCl2N2S. The lowest BCUT2D eigenvalue weighted by molar-refractivity contribution is 0.903. The number of rotatable bonds is 1. The quantitative estimate of drug-likeness (QED) is 0.817. The highest BCUT2D eigenvalue weighted by molar-refractivity contribution is 8.93. The molecule has 1 fully saturated rings. The summed E-state index contributed by atoms with van der Waals surface area (Å²) in [5.74, 6) is 1.02. The van der Waals surface area contributed by atoms with E-state index in [4.69, 9.17) is 28.6 Å². The van der Waals surface area contributed by atoms with Gasteiger partial charge in [0.05, 0.1) is 10.0 Å². The number of amidine groups is 1. The number of hydrogen-bond donors (Lipinski definition) is 1. The van der Waals surface area contributed by atoms with Crippen LogP contribution in [0.5, 0.6) is 0 Å².